The fourth-order valence-corrected chi connectivity index (χ4v) is 8.46. The van der Waals surface area contributed by atoms with Crippen LogP contribution >= 0.6 is 23.2 Å². The van der Waals surface area contributed by atoms with Crippen LogP contribution in [0.15, 0.2) is 0 Å². The number of amides is 4. The van der Waals surface area contributed by atoms with Crippen LogP contribution in [0, 0.1) is 58.0 Å². The second-order valence-electron chi connectivity index (χ2n) is 16.4. The van der Waals surface area contributed by atoms with Crippen molar-refractivity contribution in [2.75, 3.05) is 46.8 Å². The van der Waals surface area contributed by atoms with Crippen LogP contribution in [0.1, 0.15) is 103 Å². The van der Waals surface area contributed by atoms with Gasteiger partial charge in [0.15, 0.2) is 23.3 Å². The van der Waals surface area contributed by atoms with Crippen LogP contribution in [0.5, 0.6) is 0 Å². The van der Waals surface area contributed by atoms with E-state index in [1.807, 2.05) is 12.1 Å². The topological polar surface area (TPSA) is 287 Å². The van der Waals surface area contributed by atoms with Crippen LogP contribution in [0.25, 0.3) is 0 Å². The van der Waals surface area contributed by atoms with Crippen LogP contribution in [-0.2, 0) is 9.59 Å². The Hall–Kier alpha value is -5.74. The molecule has 348 valence electrons. The van der Waals surface area contributed by atoms with E-state index in [4.69, 9.17) is 43.9 Å². The molecule has 0 unspecified atom stereocenters. The van der Waals surface area contributed by atoms with E-state index in [1.165, 1.54) is 0 Å². The molecule has 0 aliphatic heterocycles. The Kier molecular flexibility index (Phi) is 18.8. The SMILES string of the molecule is N#CCCN(c1nc(Cl)nc(NNC(=O)[C@@H](CNC(=O)O)CC2CCCC2)c1F)C1CC1.N#CCCN(c1nc(Cl)nc(NNC(=O)[C@@H](CNC(=O)O)CC2CCCC2)c1F)C1CC1. The highest BCUT2D eigenvalue weighted by Crippen LogP contribution is 2.36. The molecule has 2 atom stereocenters. The van der Waals surface area contributed by atoms with Gasteiger partial charge < -0.3 is 30.6 Å². The van der Waals surface area contributed by atoms with Gasteiger partial charge in [0.05, 0.1) is 36.8 Å². The first-order chi connectivity index (χ1) is 30.8. The first-order valence-electron chi connectivity index (χ1n) is 21.6. The molecule has 4 aliphatic carbocycles. The third-order valence-corrected chi connectivity index (χ3v) is 11.9. The number of nitrogens with one attached hydrogen (secondary N) is 6. The van der Waals surface area contributed by atoms with Crippen molar-refractivity contribution in [1.82, 2.24) is 41.4 Å². The molecule has 2 aromatic heterocycles. The number of carboxylic acid groups (broad SMARTS) is 2. The van der Waals surface area contributed by atoms with Gasteiger partial charge in [-0.25, -0.2) is 9.59 Å². The van der Waals surface area contributed by atoms with Crippen molar-refractivity contribution in [1.29, 1.82) is 10.5 Å². The summed E-state index contributed by atoms with van der Waals surface area (Å²) in [7, 11) is 0. The van der Waals surface area contributed by atoms with E-state index in [0.717, 1.165) is 77.0 Å². The summed E-state index contributed by atoms with van der Waals surface area (Å²) >= 11 is 12.0. The number of halogens is 4. The second kappa shape index (κ2) is 24.4. The number of carbonyl (C=O) groups excluding carboxylic acids is 2. The number of hydrogen-bond donors (Lipinski definition) is 8. The minimum atomic E-state index is -1.21. The molecule has 0 bridgehead atoms. The van der Waals surface area contributed by atoms with Crippen LogP contribution in [-0.4, -0.2) is 92.4 Å². The summed E-state index contributed by atoms with van der Waals surface area (Å²) in [4.78, 5) is 66.3. The summed E-state index contributed by atoms with van der Waals surface area (Å²) < 4.78 is 30.3. The molecule has 0 saturated heterocycles. The number of aromatic nitrogens is 4. The smallest absolute Gasteiger partial charge is 0.404 e. The lowest BCUT2D eigenvalue weighted by Crippen LogP contribution is -2.42. The lowest BCUT2D eigenvalue weighted by molar-refractivity contribution is -0.125. The van der Waals surface area contributed by atoms with Crippen molar-refractivity contribution in [3.8, 4) is 12.1 Å². The van der Waals surface area contributed by atoms with Gasteiger partial charge in [-0.15, -0.1) is 0 Å². The fourth-order valence-electron chi connectivity index (χ4n) is 8.13. The minimum absolute atomic E-state index is 0.0189. The van der Waals surface area contributed by atoms with Gasteiger partial charge in [-0.05, 0) is 73.6 Å². The largest absolute Gasteiger partial charge is 0.465 e. The molecule has 20 nitrogen and oxygen atoms in total. The lowest BCUT2D eigenvalue weighted by atomic mass is 9.92. The summed E-state index contributed by atoms with van der Waals surface area (Å²) in [5.41, 5.74) is 9.84. The number of rotatable bonds is 22. The van der Waals surface area contributed by atoms with Gasteiger partial charge in [0, 0.05) is 38.3 Å². The van der Waals surface area contributed by atoms with Gasteiger partial charge in [-0.2, -0.15) is 39.2 Å². The maximum atomic E-state index is 15.1. The highest BCUT2D eigenvalue weighted by Gasteiger charge is 2.35. The van der Waals surface area contributed by atoms with Gasteiger partial charge >= 0.3 is 12.2 Å². The Morgan fingerprint density at radius 3 is 1.31 bits per heavy atom. The van der Waals surface area contributed by atoms with Crippen molar-refractivity contribution in [2.24, 2.45) is 23.7 Å². The van der Waals surface area contributed by atoms with Crippen LogP contribution in [0.4, 0.5) is 41.6 Å². The molecule has 4 amide bonds. The highest BCUT2D eigenvalue weighted by molar-refractivity contribution is 6.28. The zero-order chi connectivity index (χ0) is 46.2. The molecule has 0 aromatic carbocycles. The third-order valence-electron chi connectivity index (χ3n) is 11.6. The average Bonchev–Trinajstić information content (AvgIpc) is 4.18. The lowest BCUT2D eigenvalue weighted by Gasteiger charge is -2.24. The van der Waals surface area contributed by atoms with Crippen molar-refractivity contribution < 1.29 is 38.2 Å². The molecular weight excluding hydrogens is 881 g/mol. The predicted molar refractivity (Wildman–Crippen MR) is 231 cm³/mol. The quantitative estimate of drug-likeness (QED) is 0.0488. The molecule has 2 heterocycles. The molecule has 0 radical (unpaired) electrons. The summed E-state index contributed by atoms with van der Waals surface area (Å²) in [6.45, 7) is 0.533. The molecule has 2 aromatic rings. The van der Waals surface area contributed by atoms with E-state index in [0.29, 0.717) is 37.8 Å². The van der Waals surface area contributed by atoms with E-state index in [9.17, 15) is 19.2 Å². The van der Waals surface area contributed by atoms with Crippen LogP contribution in [0.3, 0.4) is 0 Å². The molecular formula is C40H54Cl2F2N14O6. The number of carbonyl (C=O) groups is 4. The Morgan fingerprint density at radius 2 is 1.00 bits per heavy atom. The van der Waals surface area contributed by atoms with E-state index >= 15 is 8.78 Å². The summed E-state index contributed by atoms with van der Waals surface area (Å²) in [5.74, 6) is -3.63. The zero-order valence-electron chi connectivity index (χ0n) is 35.2. The van der Waals surface area contributed by atoms with Gasteiger partial charge in [0.1, 0.15) is 0 Å². The molecule has 64 heavy (non-hydrogen) atoms. The molecule has 8 N–H and O–H groups in total. The van der Waals surface area contributed by atoms with Gasteiger partial charge in [0.2, 0.25) is 34.0 Å². The van der Waals surface area contributed by atoms with E-state index in [1.54, 1.807) is 9.80 Å². The van der Waals surface area contributed by atoms with Gasteiger partial charge in [-0.1, -0.05) is 51.4 Å². The standard InChI is InChI=1S/2C20H27ClFN7O3/c2*21-19-25-16(15(22)17(26-19)29(9-3-8-23)14-6-7-14)27-28-18(30)13(11-24-20(31)32)10-12-4-1-2-5-12/h2*12-14,24H,1-7,9-11H2,(H,28,30)(H,31,32)(H,25,26,27)/t2*13-/m11/s1. The molecule has 4 fully saturated rings. The first kappa shape index (κ1) is 49.3. The zero-order valence-corrected chi connectivity index (χ0v) is 36.7. The first-order valence-corrected chi connectivity index (χ1v) is 22.3. The maximum Gasteiger partial charge on any atom is 0.404 e. The van der Waals surface area contributed by atoms with Gasteiger partial charge in [0.25, 0.3) is 0 Å². The van der Waals surface area contributed by atoms with Crippen molar-refractivity contribution >= 4 is 70.5 Å². The van der Waals surface area contributed by atoms with E-state index in [-0.39, 0.29) is 71.9 Å². The minimum Gasteiger partial charge on any atom is -0.465 e. The molecule has 6 rings (SSSR count). The number of hydrazine groups is 2. The number of hydrogen-bond acceptors (Lipinski definition) is 14. The maximum absolute atomic E-state index is 15.1. The van der Waals surface area contributed by atoms with Crippen LogP contribution < -0.4 is 42.1 Å². The summed E-state index contributed by atoms with van der Waals surface area (Å²) in [5, 5.41) is 39.7. The molecule has 4 aliphatic rings. The monoisotopic (exact) mass is 934 g/mol. The third kappa shape index (κ3) is 15.2. The second-order valence-corrected chi connectivity index (χ2v) is 17.1. The molecule has 24 heteroatoms. The van der Waals surface area contributed by atoms with Gasteiger partial charge in [-0.3, -0.25) is 31.3 Å². The van der Waals surface area contributed by atoms with E-state index < -0.39 is 47.5 Å². The Morgan fingerprint density at radius 1 is 0.641 bits per heavy atom. The number of nitriles is 2. The predicted octanol–water partition coefficient (Wildman–Crippen LogP) is 6.12. The number of nitrogens with zero attached hydrogens (tertiary/aromatic N) is 8. The highest BCUT2D eigenvalue weighted by atomic mass is 35.5. The van der Waals surface area contributed by atoms with Crippen molar-refractivity contribution in [2.45, 2.75) is 115 Å². The number of anilines is 4. The Labute approximate surface area is 379 Å². The fraction of sp³-hybridized carbons (Fsp3) is 0.650. The van der Waals surface area contributed by atoms with E-state index in [2.05, 4.69) is 52.3 Å². The van der Waals surface area contributed by atoms with Crippen molar-refractivity contribution in [3.63, 3.8) is 0 Å². The Balaban J connectivity index is 0.000000241. The summed E-state index contributed by atoms with van der Waals surface area (Å²) in [6, 6.07) is 4.25. The molecule has 4 saturated carbocycles. The Bertz CT molecular complexity index is 1880. The molecule has 0 spiro atoms. The average molecular weight is 936 g/mol. The summed E-state index contributed by atoms with van der Waals surface area (Å²) in [6.07, 6.45) is 10.9. The normalized spacial score (nSPS) is 16.8. The van der Waals surface area contributed by atoms with Crippen molar-refractivity contribution in [3.05, 3.63) is 22.2 Å². The van der Waals surface area contributed by atoms with Crippen LogP contribution in [0.2, 0.25) is 10.6 Å².